The fraction of sp³-hybridized carbons (Fsp3) is 0.462. The summed E-state index contributed by atoms with van der Waals surface area (Å²) >= 11 is 3.01. The fourth-order valence-electron chi connectivity index (χ4n) is 2.51. The molecule has 8 nitrogen and oxygen atoms in total. The predicted octanol–water partition coefficient (Wildman–Crippen LogP) is 6.80. The van der Waals surface area contributed by atoms with Crippen molar-refractivity contribution in [1.29, 1.82) is 0 Å². The number of hydrogen-bond donors (Lipinski definition) is 0. The number of hydrogen-bond acceptors (Lipinski definition) is 8. The van der Waals surface area contributed by atoms with Crippen molar-refractivity contribution in [1.82, 2.24) is 0 Å². The van der Waals surface area contributed by atoms with E-state index in [4.69, 9.17) is 23.0 Å². The Labute approximate surface area is 230 Å². The summed E-state index contributed by atoms with van der Waals surface area (Å²) in [5.74, 6) is -0.730. The van der Waals surface area contributed by atoms with Crippen LogP contribution in [0.15, 0.2) is 60.7 Å². The van der Waals surface area contributed by atoms with Gasteiger partial charge in [-0.25, -0.2) is 0 Å². The van der Waals surface area contributed by atoms with Gasteiger partial charge in [0.15, 0.2) is 8.38 Å². The van der Waals surface area contributed by atoms with Gasteiger partial charge in [-0.2, -0.15) is 0 Å². The minimum absolute atomic E-state index is 0.173. The summed E-state index contributed by atoms with van der Waals surface area (Å²) in [5.41, 5.74) is 1.91. The summed E-state index contributed by atoms with van der Waals surface area (Å²) in [4.78, 5) is 22.1. The quantitative estimate of drug-likeness (QED) is 0.137. The van der Waals surface area contributed by atoms with Crippen LogP contribution in [0.5, 0.6) is 0 Å². The Balaban J connectivity index is 0.000000566. The third-order valence-electron chi connectivity index (χ3n) is 4.03. The summed E-state index contributed by atoms with van der Waals surface area (Å²) in [7, 11) is -3.43. The van der Waals surface area contributed by atoms with Crippen molar-refractivity contribution in [2.24, 2.45) is 0 Å². The monoisotopic (exact) mass is 620 g/mol. The number of carbonyl (C=O) groups is 2. The summed E-state index contributed by atoms with van der Waals surface area (Å²) in [6.45, 7) is 11.5. The van der Waals surface area contributed by atoms with Gasteiger partial charge in [0.25, 0.3) is 0 Å². The van der Waals surface area contributed by atoms with Crippen LogP contribution in [-0.2, 0) is 50.4 Å². The van der Waals surface area contributed by atoms with Crippen molar-refractivity contribution in [2.45, 2.75) is 34.0 Å². The van der Waals surface area contributed by atoms with Crippen LogP contribution in [0, 0.1) is 0 Å². The molecule has 0 aliphatic carbocycles. The topological polar surface area (TPSA) is 97.4 Å². The van der Waals surface area contributed by atoms with Gasteiger partial charge in [0.1, 0.15) is 24.7 Å². The molecule has 2 rings (SSSR count). The van der Waals surface area contributed by atoms with Crippen LogP contribution in [0.2, 0.25) is 0 Å². The highest BCUT2D eigenvalue weighted by atomic mass is 79.9. The SMILES string of the molecule is CCOP(C)(=O)CC(=O)OCc1ccccc1.CCOP(C)OCC.O=C(CBr)OCc1ccccc1. The molecule has 0 aliphatic rings. The second kappa shape index (κ2) is 22.4. The summed E-state index contributed by atoms with van der Waals surface area (Å²) in [6, 6.07) is 18.9. The van der Waals surface area contributed by atoms with Crippen LogP contribution >= 0.6 is 31.7 Å². The second-order valence-electron chi connectivity index (χ2n) is 7.29. The van der Waals surface area contributed by atoms with Crippen molar-refractivity contribution in [3.8, 4) is 0 Å². The maximum Gasteiger partial charge on any atom is 0.316 e. The molecule has 0 bridgehead atoms. The maximum atomic E-state index is 11.7. The molecule has 2 aromatic carbocycles. The molecular weight excluding hydrogens is 582 g/mol. The molecule has 0 fully saturated rings. The molecule has 1 atom stereocenters. The molecule has 208 valence electrons. The first-order chi connectivity index (χ1) is 17.7. The van der Waals surface area contributed by atoms with Gasteiger partial charge in [-0.05, 0) is 31.9 Å². The number of benzene rings is 2. The number of rotatable bonds is 13. The number of carbonyl (C=O) groups excluding carboxylic acids is 2. The van der Waals surface area contributed by atoms with E-state index in [2.05, 4.69) is 15.9 Å². The largest absolute Gasteiger partial charge is 0.460 e. The van der Waals surface area contributed by atoms with Crippen molar-refractivity contribution in [2.75, 3.05) is 44.6 Å². The molecule has 0 spiro atoms. The Morgan fingerprint density at radius 1 is 0.784 bits per heavy atom. The first-order valence-corrected chi connectivity index (χ1v) is 16.8. The zero-order valence-corrected chi connectivity index (χ0v) is 25.6. The molecule has 0 amide bonds. The molecule has 0 N–H and O–H groups in total. The molecular formula is C26H39BrO8P2. The first-order valence-electron chi connectivity index (χ1n) is 11.8. The molecule has 0 heterocycles. The average molecular weight is 621 g/mol. The van der Waals surface area contributed by atoms with Crippen molar-refractivity contribution < 1.29 is 37.2 Å². The summed E-state index contributed by atoms with van der Waals surface area (Å²) in [5, 5.41) is 0.250. The van der Waals surface area contributed by atoms with Crippen molar-refractivity contribution in [3.63, 3.8) is 0 Å². The third-order valence-corrected chi connectivity index (χ3v) is 7.37. The standard InChI is InChI=1S/C12H17O4P.C9H9BrO2.C5H13O2P/c1-3-16-17(2,14)10-12(13)15-9-11-7-5-4-6-8-11;10-6-9(11)12-7-8-4-2-1-3-5-8;1-4-6-8(3)7-5-2/h4-8H,3,9-10H2,1-2H3;1-5H,6-7H2;4-5H2,1-3H3. The summed E-state index contributed by atoms with van der Waals surface area (Å²) < 4.78 is 36.9. The van der Waals surface area contributed by atoms with E-state index in [1.165, 1.54) is 6.66 Å². The van der Waals surface area contributed by atoms with Crippen LogP contribution in [0.3, 0.4) is 0 Å². The minimum Gasteiger partial charge on any atom is -0.460 e. The number of esters is 2. The fourth-order valence-corrected chi connectivity index (χ4v) is 4.68. The highest BCUT2D eigenvalue weighted by Gasteiger charge is 2.21. The van der Waals surface area contributed by atoms with Gasteiger partial charge in [0, 0.05) is 13.3 Å². The Morgan fingerprint density at radius 2 is 1.22 bits per heavy atom. The molecule has 2 aromatic rings. The number of halogens is 1. The molecule has 11 heteroatoms. The van der Waals surface area contributed by atoms with E-state index in [1.807, 2.05) is 81.2 Å². The first kappa shape index (κ1) is 35.4. The zero-order chi connectivity index (χ0) is 27.9. The van der Waals surface area contributed by atoms with E-state index in [1.54, 1.807) is 6.92 Å². The maximum absolute atomic E-state index is 11.7. The zero-order valence-electron chi connectivity index (χ0n) is 22.3. The highest BCUT2D eigenvalue weighted by molar-refractivity contribution is 9.09. The predicted molar refractivity (Wildman–Crippen MR) is 152 cm³/mol. The van der Waals surface area contributed by atoms with E-state index in [0.717, 1.165) is 24.3 Å². The number of alkyl halides is 1. The molecule has 1 unspecified atom stereocenters. The second-order valence-corrected chi connectivity index (χ2v) is 11.9. The Bertz CT molecular complexity index is 894. The van der Waals surface area contributed by atoms with Crippen molar-refractivity contribution in [3.05, 3.63) is 71.8 Å². The van der Waals surface area contributed by atoms with Gasteiger partial charge >= 0.3 is 11.9 Å². The van der Waals surface area contributed by atoms with Gasteiger partial charge in [-0.1, -0.05) is 76.6 Å². The van der Waals surface area contributed by atoms with E-state index in [0.29, 0.717) is 13.2 Å². The Kier molecular flexibility index (Phi) is 21.4. The molecule has 37 heavy (non-hydrogen) atoms. The van der Waals surface area contributed by atoms with Gasteiger partial charge < -0.3 is 23.0 Å². The van der Waals surface area contributed by atoms with Crippen molar-refractivity contribution >= 4 is 43.6 Å². The van der Waals surface area contributed by atoms with E-state index in [9.17, 15) is 14.2 Å². The lowest BCUT2D eigenvalue weighted by atomic mass is 10.2. The molecule has 0 saturated carbocycles. The molecule has 0 aromatic heterocycles. The highest BCUT2D eigenvalue weighted by Crippen LogP contribution is 2.42. The number of ether oxygens (including phenoxy) is 2. The van der Waals surface area contributed by atoms with Gasteiger partial charge in [-0.3, -0.25) is 14.2 Å². The Hall–Kier alpha value is -1.60. The van der Waals surface area contributed by atoms with Gasteiger partial charge in [-0.15, -0.1) is 0 Å². The van der Waals surface area contributed by atoms with Gasteiger partial charge in [0.05, 0.1) is 19.8 Å². The normalized spacial score (nSPS) is 11.8. The average Bonchev–Trinajstić information content (AvgIpc) is 2.88. The van der Waals surface area contributed by atoms with E-state index < -0.39 is 21.7 Å². The lowest BCUT2D eigenvalue weighted by Crippen LogP contribution is -2.11. The van der Waals surface area contributed by atoms with Crippen LogP contribution in [0.4, 0.5) is 0 Å². The lowest BCUT2D eigenvalue weighted by molar-refractivity contribution is -0.142. The Morgan fingerprint density at radius 3 is 1.59 bits per heavy atom. The lowest BCUT2D eigenvalue weighted by Gasteiger charge is -2.11. The van der Waals surface area contributed by atoms with Gasteiger partial charge in [0.2, 0.25) is 7.37 Å². The smallest absolute Gasteiger partial charge is 0.316 e. The van der Waals surface area contributed by atoms with E-state index in [-0.39, 0.29) is 24.1 Å². The van der Waals surface area contributed by atoms with Crippen LogP contribution in [0.1, 0.15) is 31.9 Å². The van der Waals surface area contributed by atoms with Crippen LogP contribution in [0.25, 0.3) is 0 Å². The van der Waals surface area contributed by atoms with Crippen LogP contribution in [-0.4, -0.2) is 56.6 Å². The molecule has 0 radical (unpaired) electrons. The minimum atomic E-state index is -2.84. The third kappa shape index (κ3) is 21.1. The molecule has 0 aliphatic heterocycles. The summed E-state index contributed by atoms with van der Waals surface area (Å²) in [6.07, 6.45) is -0.173. The van der Waals surface area contributed by atoms with Crippen LogP contribution < -0.4 is 0 Å². The molecule has 0 saturated heterocycles. The van der Waals surface area contributed by atoms with E-state index >= 15 is 0 Å².